The number of benzene rings is 2. The summed E-state index contributed by atoms with van der Waals surface area (Å²) in [5.41, 5.74) is 2.86. The molecular weight excluding hydrogens is 470 g/mol. The highest BCUT2D eigenvalue weighted by Gasteiger charge is 2.13. The molecule has 2 aromatic rings. The summed E-state index contributed by atoms with van der Waals surface area (Å²) in [5, 5.41) is 3.71. The Morgan fingerprint density at radius 1 is 0.459 bits per heavy atom. The van der Waals surface area contributed by atoms with Crippen molar-refractivity contribution in [1.82, 2.24) is 5.32 Å². The Bertz CT molecular complexity index is 662. The van der Waals surface area contributed by atoms with Gasteiger partial charge in [0.25, 0.3) is 0 Å². The molecule has 210 valence electrons. The number of nitrogens with one attached hydrogen (secondary N) is 1. The molecule has 0 amide bonds. The highest BCUT2D eigenvalue weighted by Crippen LogP contribution is 2.27. The lowest BCUT2D eigenvalue weighted by molar-refractivity contribution is 0.520. The van der Waals surface area contributed by atoms with Gasteiger partial charge in [0.1, 0.15) is 0 Å². The van der Waals surface area contributed by atoms with Crippen LogP contribution < -0.4 is 5.32 Å². The van der Waals surface area contributed by atoms with E-state index in [1.54, 1.807) is 0 Å². The van der Waals surface area contributed by atoms with Crippen LogP contribution in [0.5, 0.6) is 0 Å². The van der Waals surface area contributed by atoms with Gasteiger partial charge in [-0.3, -0.25) is 0 Å². The molecule has 0 radical (unpaired) electrons. The second-order valence-corrected chi connectivity index (χ2v) is 10.9. The Morgan fingerprint density at radius 2 is 0.811 bits per heavy atom. The Labute approximate surface area is 237 Å². The molecule has 2 aromatic carbocycles. The molecule has 0 saturated carbocycles. The summed E-state index contributed by atoms with van der Waals surface area (Å²) in [6.45, 7) is 4.55. The molecule has 2 heteroatoms. The van der Waals surface area contributed by atoms with Crippen molar-refractivity contribution in [2.75, 3.05) is 13.1 Å². The standard InChI is InChI=1S/C35H57N.ClH/c1-2-3-4-5-6-7-8-9-10-11-12-13-14-15-16-17-18-25-31-36-32-30-35(33-26-21-19-22-27-33)34-28-23-20-24-29-34;/h19-24,26-29,35-36H,2-18,25,30-32H2,1H3;1H. The van der Waals surface area contributed by atoms with Crippen LogP contribution in [-0.2, 0) is 0 Å². The molecule has 37 heavy (non-hydrogen) atoms. The molecule has 0 heterocycles. The summed E-state index contributed by atoms with van der Waals surface area (Å²) in [6, 6.07) is 22.0. The van der Waals surface area contributed by atoms with E-state index in [0.717, 1.165) is 19.5 Å². The van der Waals surface area contributed by atoms with Gasteiger partial charge in [0.05, 0.1) is 0 Å². The van der Waals surface area contributed by atoms with E-state index >= 15 is 0 Å². The van der Waals surface area contributed by atoms with Crippen molar-refractivity contribution in [3.8, 4) is 0 Å². The summed E-state index contributed by atoms with van der Waals surface area (Å²) in [4.78, 5) is 0. The van der Waals surface area contributed by atoms with Gasteiger partial charge in [-0.15, -0.1) is 12.4 Å². The second-order valence-electron chi connectivity index (χ2n) is 10.9. The summed E-state index contributed by atoms with van der Waals surface area (Å²) in [7, 11) is 0. The summed E-state index contributed by atoms with van der Waals surface area (Å²) < 4.78 is 0. The molecule has 0 saturated heterocycles. The number of rotatable bonds is 24. The Kier molecular flexibility index (Phi) is 22.8. The van der Waals surface area contributed by atoms with E-state index in [1.165, 1.54) is 127 Å². The monoisotopic (exact) mass is 527 g/mol. The summed E-state index contributed by atoms with van der Waals surface area (Å²) in [6.07, 6.45) is 27.1. The first-order chi connectivity index (χ1) is 17.9. The minimum absolute atomic E-state index is 0. The smallest absolute Gasteiger partial charge is 0.0101 e. The zero-order valence-electron chi connectivity index (χ0n) is 24.1. The average molecular weight is 528 g/mol. The van der Waals surface area contributed by atoms with Gasteiger partial charge in [0.15, 0.2) is 0 Å². The van der Waals surface area contributed by atoms with E-state index in [2.05, 4.69) is 72.9 Å². The van der Waals surface area contributed by atoms with Crippen LogP contribution in [0, 0.1) is 0 Å². The average Bonchev–Trinajstić information content (AvgIpc) is 2.92. The van der Waals surface area contributed by atoms with Crippen molar-refractivity contribution in [1.29, 1.82) is 0 Å². The molecule has 0 unspecified atom stereocenters. The van der Waals surface area contributed by atoms with Crippen molar-refractivity contribution in [2.24, 2.45) is 0 Å². The molecule has 1 N–H and O–H groups in total. The first kappa shape index (κ1) is 33.7. The Morgan fingerprint density at radius 3 is 1.19 bits per heavy atom. The Balaban J connectivity index is 0.00000684. The van der Waals surface area contributed by atoms with Crippen LogP contribution in [0.3, 0.4) is 0 Å². The van der Waals surface area contributed by atoms with E-state index < -0.39 is 0 Å². The molecule has 2 rings (SSSR count). The fourth-order valence-corrected chi connectivity index (χ4v) is 5.42. The maximum Gasteiger partial charge on any atom is 0.0101 e. The quantitative estimate of drug-likeness (QED) is 0.134. The predicted octanol–water partition coefficient (Wildman–Crippen LogP) is 11.3. The second kappa shape index (κ2) is 25.0. The van der Waals surface area contributed by atoms with Gasteiger partial charge >= 0.3 is 0 Å². The Hall–Kier alpha value is -1.31. The molecule has 0 atom stereocenters. The topological polar surface area (TPSA) is 12.0 Å². The number of hydrogen-bond acceptors (Lipinski definition) is 1. The van der Waals surface area contributed by atoms with Crippen molar-refractivity contribution >= 4 is 12.4 Å². The molecule has 0 aliphatic heterocycles. The van der Waals surface area contributed by atoms with Gasteiger partial charge in [0, 0.05) is 5.92 Å². The van der Waals surface area contributed by atoms with E-state index in [9.17, 15) is 0 Å². The van der Waals surface area contributed by atoms with Gasteiger partial charge in [-0.25, -0.2) is 0 Å². The van der Waals surface area contributed by atoms with E-state index in [-0.39, 0.29) is 12.4 Å². The van der Waals surface area contributed by atoms with Gasteiger partial charge in [-0.05, 0) is 37.1 Å². The highest BCUT2D eigenvalue weighted by molar-refractivity contribution is 5.85. The molecule has 0 aliphatic rings. The molecule has 0 aliphatic carbocycles. The zero-order chi connectivity index (χ0) is 25.4. The zero-order valence-corrected chi connectivity index (χ0v) is 24.9. The fourth-order valence-electron chi connectivity index (χ4n) is 5.42. The van der Waals surface area contributed by atoms with Crippen LogP contribution in [0.25, 0.3) is 0 Å². The minimum atomic E-state index is 0. The van der Waals surface area contributed by atoms with Crippen LogP contribution in [0.4, 0.5) is 0 Å². The van der Waals surface area contributed by atoms with Crippen LogP contribution in [-0.4, -0.2) is 13.1 Å². The van der Waals surface area contributed by atoms with Crippen molar-refractivity contribution in [3.63, 3.8) is 0 Å². The lowest BCUT2D eigenvalue weighted by atomic mass is 9.88. The fraction of sp³-hybridized carbons (Fsp3) is 0.657. The first-order valence-corrected chi connectivity index (χ1v) is 15.7. The van der Waals surface area contributed by atoms with Crippen LogP contribution >= 0.6 is 12.4 Å². The predicted molar refractivity (Wildman–Crippen MR) is 168 cm³/mol. The van der Waals surface area contributed by atoms with Crippen molar-refractivity contribution in [3.05, 3.63) is 71.8 Å². The molecule has 0 aromatic heterocycles. The normalized spacial score (nSPS) is 11.1. The van der Waals surface area contributed by atoms with Crippen molar-refractivity contribution in [2.45, 2.75) is 135 Å². The van der Waals surface area contributed by atoms with Crippen molar-refractivity contribution < 1.29 is 0 Å². The third-order valence-corrected chi connectivity index (χ3v) is 7.72. The van der Waals surface area contributed by atoms with Gasteiger partial charge in [-0.1, -0.05) is 177 Å². The lowest BCUT2D eigenvalue weighted by Gasteiger charge is -2.18. The molecule has 0 fully saturated rings. The third kappa shape index (κ3) is 17.8. The highest BCUT2D eigenvalue weighted by atomic mass is 35.5. The third-order valence-electron chi connectivity index (χ3n) is 7.72. The lowest BCUT2D eigenvalue weighted by Crippen LogP contribution is -2.19. The maximum absolute atomic E-state index is 3.71. The molecular formula is C35H58ClN. The van der Waals surface area contributed by atoms with Crippen LogP contribution in [0.1, 0.15) is 146 Å². The largest absolute Gasteiger partial charge is 0.317 e. The number of unbranched alkanes of at least 4 members (excludes halogenated alkanes) is 17. The molecule has 0 bridgehead atoms. The SMILES string of the molecule is CCCCCCCCCCCCCCCCCCCCNCCC(c1ccccc1)c1ccccc1.Cl. The minimum Gasteiger partial charge on any atom is -0.317 e. The van der Waals surface area contributed by atoms with Gasteiger partial charge in [0.2, 0.25) is 0 Å². The van der Waals surface area contributed by atoms with E-state index in [0.29, 0.717) is 5.92 Å². The van der Waals surface area contributed by atoms with E-state index in [4.69, 9.17) is 0 Å². The summed E-state index contributed by atoms with van der Waals surface area (Å²) >= 11 is 0. The number of halogens is 1. The van der Waals surface area contributed by atoms with E-state index in [1.807, 2.05) is 0 Å². The summed E-state index contributed by atoms with van der Waals surface area (Å²) in [5.74, 6) is 0.486. The van der Waals surface area contributed by atoms with Gasteiger partial charge in [-0.2, -0.15) is 0 Å². The first-order valence-electron chi connectivity index (χ1n) is 15.7. The number of hydrogen-bond donors (Lipinski definition) is 1. The molecule has 1 nitrogen and oxygen atoms in total. The van der Waals surface area contributed by atoms with Crippen LogP contribution in [0.15, 0.2) is 60.7 Å². The molecule has 0 spiro atoms. The maximum atomic E-state index is 3.71. The van der Waals surface area contributed by atoms with Gasteiger partial charge < -0.3 is 5.32 Å². The van der Waals surface area contributed by atoms with Crippen LogP contribution in [0.2, 0.25) is 0 Å².